The minimum absolute atomic E-state index is 0.0691. The van der Waals surface area contributed by atoms with Gasteiger partial charge in [0.1, 0.15) is 13.2 Å². The van der Waals surface area contributed by atoms with Crippen LogP contribution in [0.1, 0.15) is 284 Å². The Morgan fingerprint density at radius 2 is 0.600 bits per heavy atom. The third-order valence-corrected chi connectivity index (χ3v) is 11.7. The molecule has 0 aromatic rings. The summed E-state index contributed by atoms with van der Waals surface area (Å²) in [7, 11) is 0. The summed E-state index contributed by atoms with van der Waals surface area (Å²) >= 11 is 0. The van der Waals surface area contributed by atoms with Gasteiger partial charge < -0.3 is 14.2 Å². The van der Waals surface area contributed by atoms with Crippen LogP contribution in [0.25, 0.3) is 0 Å². The Bertz CT molecular complexity index is 973. The van der Waals surface area contributed by atoms with Crippen LogP contribution in [0, 0.1) is 0 Å². The van der Waals surface area contributed by atoms with E-state index >= 15 is 0 Å². The Hall–Kier alpha value is -2.11. The summed E-state index contributed by atoms with van der Waals surface area (Å²) in [5, 5.41) is 0. The van der Waals surface area contributed by atoms with Crippen molar-refractivity contribution in [1.29, 1.82) is 0 Å². The molecule has 0 aromatic carbocycles. The highest BCUT2D eigenvalue weighted by Crippen LogP contribution is 2.16. The van der Waals surface area contributed by atoms with E-state index in [0.29, 0.717) is 19.3 Å². The SMILES string of the molecule is CCCCCC/C=C\C/C=C\CCCCCCCCCC(=O)OCC(COC(=O)CCCCCCCCCCCC)OC(=O)CCCCCCCCCCCCCCCC. The minimum atomic E-state index is -0.767. The second kappa shape index (κ2) is 49.5. The summed E-state index contributed by atoms with van der Waals surface area (Å²) in [6.07, 6.45) is 55.9. The number of ether oxygens (including phenoxy) is 3. The molecule has 6 heteroatoms. The molecule has 0 heterocycles. The lowest BCUT2D eigenvalue weighted by Gasteiger charge is -2.18. The van der Waals surface area contributed by atoms with E-state index < -0.39 is 6.10 Å². The van der Waals surface area contributed by atoms with E-state index in [1.807, 2.05) is 0 Å². The first kappa shape index (κ1) is 57.9. The van der Waals surface area contributed by atoms with Gasteiger partial charge in [-0.05, 0) is 51.4 Å². The molecule has 0 aliphatic heterocycles. The zero-order valence-corrected chi connectivity index (χ0v) is 40.2. The van der Waals surface area contributed by atoms with Crippen LogP contribution in [-0.4, -0.2) is 37.2 Å². The Balaban J connectivity index is 4.30. The molecule has 0 bridgehead atoms. The smallest absolute Gasteiger partial charge is 0.306 e. The number of esters is 3. The van der Waals surface area contributed by atoms with Crippen LogP contribution in [-0.2, 0) is 28.6 Å². The van der Waals surface area contributed by atoms with E-state index in [4.69, 9.17) is 14.2 Å². The van der Waals surface area contributed by atoms with Crippen molar-refractivity contribution in [1.82, 2.24) is 0 Å². The maximum Gasteiger partial charge on any atom is 0.306 e. The van der Waals surface area contributed by atoms with Crippen molar-refractivity contribution in [3.63, 3.8) is 0 Å². The van der Waals surface area contributed by atoms with Gasteiger partial charge in [-0.3, -0.25) is 14.4 Å². The fourth-order valence-corrected chi connectivity index (χ4v) is 7.71. The van der Waals surface area contributed by atoms with Crippen LogP contribution in [0.3, 0.4) is 0 Å². The summed E-state index contributed by atoms with van der Waals surface area (Å²) in [6, 6.07) is 0. The predicted octanol–water partition coefficient (Wildman–Crippen LogP) is 17.2. The molecule has 0 fully saturated rings. The molecule has 60 heavy (non-hydrogen) atoms. The topological polar surface area (TPSA) is 78.9 Å². The lowest BCUT2D eigenvalue weighted by molar-refractivity contribution is -0.167. The predicted molar refractivity (Wildman–Crippen MR) is 256 cm³/mol. The highest BCUT2D eigenvalue weighted by molar-refractivity contribution is 5.71. The van der Waals surface area contributed by atoms with Crippen LogP contribution >= 0.6 is 0 Å². The summed E-state index contributed by atoms with van der Waals surface area (Å²) in [4.78, 5) is 37.9. The van der Waals surface area contributed by atoms with Crippen molar-refractivity contribution in [2.24, 2.45) is 0 Å². The fourth-order valence-electron chi connectivity index (χ4n) is 7.71. The largest absolute Gasteiger partial charge is 0.462 e. The molecule has 0 aliphatic carbocycles. The third kappa shape index (κ3) is 46.9. The molecule has 1 unspecified atom stereocenters. The van der Waals surface area contributed by atoms with Crippen LogP contribution in [0.2, 0.25) is 0 Å². The van der Waals surface area contributed by atoms with Crippen LogP contribution < -0.4 is 0 Å². The Kier molecular flexibility index (Phi) is 47.8. The molecule has 0 spiro atoms. The minimum Gasteiger partial charge on any atom is -0.462 e. The summed E-state index contributed by atoms with van der Waals surface area (Å²) in [6.45, 7) is 6.63. The van der Waals surface area contributed by atoms with E-state index in [1.54, 1.807) is 0 Å². The maximum absolute atomic E-state index is 12.8. The fraction of sp³-hybridized carbons (Fsp3) is 0.870. The van der Waals surface area contributed by atoms with Gasteiger partial charge in [0, 0.05) is 19.3 Å². The van der Waals surface area contributed by atoms with Gasteiger partial charge in [0.05, 0.1) is 0 Å². The summed E-state index contributed by atoms with van der Waals surface area (Å²) in [5.41, 5.74) is 0. The number of allylic oxidation sites excluding steroid dienone is 4. The molecule has 6 nitrogen and oxygen atoms in total. The van der Waals surface area contributed by atoms with Crippen molar-refractivity contribution in [2.75, 3.05) is 13.2 Å². The number of hydrogen-bond donors (Lipinski definition) is 0. The van der Waals surface area contributed by atoms with E-state index in [-0.39, 0.29) is 31.1 Å². The van der Waals surface area contributed by atoms with Crippen LogP contribution in [0.15, 0.2) is 24.3 Å². The van der Waals surface area contributed by atoms with Crippen molar-refractivity contribution >= 4 is 17.9 Å². The molecule has 0 amide bonds. The third-order valence-electron chi connectivity index (χ3n) is 11.7. The Labute approximate surface area is 373 Å². The monoisotopic (exact) mass is 845 g/mol. The summed E-state index contributed by atoms with van der Waals surface area (Å²) in [5.74, 6) is -0.864. The number of carbonyl (C=O) groups excluding carboxylic acids is 3. The molecule has 0 saturated heterocycles. The standard InChI is InChI=1S/C54H100O6/c1-4-7-10-13-16-19-22-24-26-27-28-29-31-32-35-38-41-44-47-53(56)59-50-51(49-58-52(55)46-43-40-37-34-21-18-15-12-9-6-3)60-54(57)48-45-42-39-36-33-30-25-23-20-17-14-11-8-5-2/h19,22,26-27,51H,4-18,20-21,23-25,28-50H2,1-3H3/b22-19-,27-26-. The average Bonchev–Trinajstić information content (AvgIpc) is 3.24. The van der Waals surface area contributed by atoms with Crippen LogP contribution in [0.4, 0.5) is 0 Å². The molecule has 0 radical (unpaired) electrons. The van der Waals surface area contributed by atoms with Crippen molar-refractivity contribution in [3.05, 3.63) is 24.3 Å². The molecule has 0 aliphatic rings. The van der Waals surface area contributed by atoms with E-state index in [9.17, 15) is 14.4 Å². The van der Waals surface area contributed by atoms with Crippen molar-refractivity contribution in [3.8, 4) is 0 Å². The van der Waals surface area contributed by atoms with E-state index in [2.05, 4.69) is 45.1 Å². The van der Waals surface area contributed by atoms with Crippen molar-refractivity contribution < 1.29 is 28.6 Å². The molecule has 0 saturated carbocycles. The molecule has 0 aromatic heterocycles. The zero-order chi connectivity index (χ0) is 43.7. The molecular formula is C54H100O6. The normalized spacial score (nSPS) is 12.1. The number of carbonyl (C=O) groups is 3. The Morgan fingerprint density at radius 1 is 0.333 bits per heavy atom. The second-order valence-electron chi connectivity index (χ2n) is 17.8. The van der Waals surface area contributed by atoms with Gasteiger partial charge in [0.2, 0.25) is 0 Å². The molecule has 0 rings (SSSR count). The average molecular weight is 845 g/mol. The maximum atomic E-state index is 12.8. The first-order valence-corrected chi connectivity index (χ1v) is 26.3. The van der Waals surface area contributed by atoms with Gasteiger partial charge in [-0.1, -0.05) is 238 Å². The van der Waals surface area contributed by atoms with Gasteiger partial charge in [0.15, 0.2) is 6.10 Å². The van der Waals surface area contributed by atoms with Gasteiger partial charge >= 0.3 is 17.9 Å². The van der Waals surface area contributed by atoms with Gasteiger partial charge in [-0.15, -0.1) is 0 Å². The highest BCUT2D eigenvalue weighted by atomic mass is 16.6. The van der Waals surface area contributed by atoms with Gasteiger partial charge in [0.25, 0.3) is 0 Å². The van der Waals surface area contributed by atoms with Crippen molar-refractivity contribution in [2.45, 2.75) is 290 Å². The molecule has 0 N–H and O–H groups in total. The van der Waals surface area contributed by atoms with Gasteiger partial charge in [-0.25, -0.2) is 0 Å². The second-order valence-corrected chi connectivity index (χ2v) is 17.8. The number of unbranched alkanes of at least 4 members (excludes halogenated alkanes) is 33. The first-order valence-electron chi connectivity index (χ1n) is 26.3. The van der Waals surface area contributed by atoms with Crippen LogP contribution in [0.5, 0.6) is 0 Å². The molecule has 1 atom stereocenters. The molecular weight excluding hydrogens is 745 g/mol. The first-order chi connectivity index (χ1) is 29.5. The zero-order valence-electron chi connectivity index (χ0n) is 40.2. The Morgan fingerprint density at radius 3 is 0.933 bits per heavy atom. The van der Waals surface area contributed by atoms with Gasteiger partial charge in [-0.2, -0.15) is 0 Å². The lowest BCUT2D eigenvalue weighted by atomic mass is 10.0. The molecule has 352 valence electrons. The number of hydrogen-bond acceptors (Lipinski definition) is 6. The van der Waals surface area contributed by atoms with E-state index in [0.717, 1.165) is 70.6 Å². The lowest BCUT2D eigenvalue weighted by Crippen LogP contribution is -2.30. The quantitative estimate of drug-likeness (QED) is 0.0263. The summed E-state index contributed by atoms with van der Waals surface area (Å²) < 4.78 is 16.8. The van der Waals surface area contributed by atoms with E-state index in [1.165, 1.54) is 173 Å². The number of rotatable bonds is 48. The highest BCUT2D eigenvalue weighted by Gasteiger charge is 2.19.